The van der Waals surface area contributed by atoms with E-state index in [2.05, 4.69) is 5.32 Å². The molecule has 150 valence electrons. The van der Waals surface area contributed by atoms with E-state index in [1.807, 2.05) is 66.3 Å². The second-order valence-electron chi connectivity index (χ2n) is 7.46. The molecule has 0 radical (unpaired) electrons. The van der Waals surface area contributed by atoms with Crippen molar-refractivity contribution >= 4 is 28.4 Å². The number of hydrogen-bond donors (Lipinski definition) is 1. The molecule has 0 saturated carbocycles. The third-order valence-corrected chi connectivity index (χ3v) is 5.61. The Morgan fingerprint density at radius 1 is 1.17 bits per heavy atom. The second kappa shape index (κ2) is 7.99. The maximum Gasteiger partial charge on any atom is 0.229 e. The Kier molecular flexibility index (Phi) is 5.25. The van der Waals surface area contributed by atoms with Gasteiger partial charge in [-0.1, -0.05) is 24.3 Å². The molecule has 0 bridgehead atoms. The summed E-state index contributed by atoms with van der Waals surface area (Å²) in [6.07, 6.45) is 2.93. The van der Waals surface area contributed by atoms with Crippen LogP contribution in [0.15, 0.2) is 54.7 Å². The van der Waals surface area contributed by atoms with E-state index in [4.69, 9.17) is 4.74 Å². The summed E-state index contributed by atoms with van der Waals surface area (Å²) in [5, 5.41) is 4.02. The normalized spacial score (nSPS) is 16.4. The number of fused-ring (bicyclic) bond motifs is 1. The molecule has 0 spiro atoms. The monoisotopic (exact) mass is 391 g/mol. The first-order valence-electron chi connectivity index (χ1n) is 9.81. The van der Waals surface area contributed by atoms with E-state index in [9.17, 15) is 9.59 Å². The number of aromatic nitrogens is 1. The number of ether oxygens (including phenoxy) is 1. The Hall–Kier alpha value is -3.28. The van der Waals surface area contributed by atoms with Gasteiger partial charge in [-0.2, -0.15) is 0 Å². The molecule has 2 amide bonds. The Balaban J connectivity index is 1.40. The lowest BCUT2D eigenvalue weighted by Gasteiger charge is -2.17. The standard InChI is InChI=1S/C23H25N3O3/c1-25-12-11-18-19(7-5-8-20(18)25)24-23(28)17-14-22(27)26(15-17)13-10-16-6-3-4-9-21(16)29-2/h3-9,11-12,17H,10,13-15H2,1-2H3,(H,24,28)/t17-/m1/s1. The third kappa shape index (κ3) is 3.83. The largest absolute Gasteiger partial charge is 0.496 e. The van der Waals surface area contributed by atoms with Gasteiger partial charge in [0.2, 0.25) is 11.8 Å². The van der Waals surface area contributed by atoms with Gasteiger partial charge in [-0.3, -0.25) is 9.59 Å². The topological polar surface area (TPSA) is 63.6 Å². The van der Waals surface area contributed by atoms with Crippen molar-refractivity contribution in [1.29, 1.82) is 0 Å². The van der Waals surface area contributed by atoms with Gasteiger partial charge >= 0.3 is 0 Å². The van der Waals surface area contributed by atoms with Crippen molar-refractivity contribution in [3.05, 3.63) is 60.3 Å². The minimum atomic E-state index is -0.334. The highest BCUT2D eigenvalue weighted by atomic mass is 16.5. The van der Waals surface area contributed by atoms with Crippen LogP contribution in [0.1, 0.15) is 12.0 Å². The quantitative estimate of drug-likeness (QED) is 0.702. The van der Waals surface area contributed by atoms with Crippen molar-refractivity contribution in [3.63, 3.8) is 0 Å². The average Bonchev–Trinajstić information content (AvgIpc) is 3.30. The van der Waals surface area contributed by atoms with Crippen LogP contribution in [-0.2, 0) is 23.1 Å². The summed E-state index contributed by atoms with van der Waals surface area (Å²) >= 11 is 0. The van der Waals surface area contributed by atoms with Crippen molar-refractivity contribution in [3.8, 4) is 5.75 Å². The molecule has 1 aliphatic heterocycles. The predicted molar refractivity (Wildman–Crippen MR) is 113 cm³/mol. The number of carbonyl (C=O) groups excluding carboxylic acids is 2. The summed E-state index contributed by atoms with van der Waals surface area (Å²) in [7, 11) is 3.62. The fraction of sp³-hybridized carbons (Fsp3) is 0.304. The van der Waals surface area contributed by atoms with E-state index in [0.717, 1.165) is 27.9 Å². The van der Waals surface area contributed by atoms with Gasteiger partial charge in [0.1, 0.15) is 5.75 Å². The first kappa shape index (κ1) is 19.1. The van der Waals surface area contributed by atoms with Crippen LogP contribution in [0.3, 0.4) is 0 Å². The molecule has 6 heteroatoms. The molecule has 4 rings (SSSR count). The molecule has 1 aromatic heterocycles. The highest BCUT2D eigenvalue weighted by Crippen LogP contribution is 2.26. The Labute approximate surface area is 170 Å². The van der Waals surface area contributed by atoms with Crippen LogP contribution in [-0.4, -0.2) is 41.5 Å². The maximum atomic E-state index is 12.8. The van der Waals surface area contributed by atoms with E-state index < -0.39 is 0 Å². The number of carbonyl (C=O) groups is 2. The fourth-order valence-electron chi connectivity index (χ4n) is 3.97. The molecule has 1 atom stereocenters. The molecule has 2 aromatic carbocycles. The zero-order valence-corrected chi connectivity index (χ0v) is 16.7. The Morgan fingerprint density at radius 3 is 2.83 bits per heavy atom. The zero-order valence-electron chi connectivity index (χ0n) is 16.7. The zero-order chi connectivity index (χ0) is 20.4. The number of para-hydroxylation sites is 1. The van der Waals surface area contributed by atoms with Crippen molar-refractivity contribution in [2.75, 3.05) is 25.5 Å². The lowest BCUT2D eigenvalue weighted by Crippen LogP contribution is -2.30. The number of nitrogens with one attached hydrogen (secondary N) is 1. The van der Waals surface area contributed by atoms with E-state index in [1.165, 1.54) is 0 Å². The Morgan fingerprint density at radius 2 is 2.00 bits per heavy atom. The van der Waals surface area contributed by atoms with Crippen molar-refractivity contribution in [2.24, 2.45) is 13.0 Å². The van der Waals surface area contributed by atoms with Gasteiger partial charge in [-0.15, -0.1) is 0 Å². The summed E-state index contributed by atoms with van der Waals surface area (Å²) in [5.74, 6) is 0.413. The number of nitrogens with zero attached hydrogens (tertiary/aromatic N) is 2. The molecular formula is C23H25N3O3. The molecule has 1 fully saturated rings. The second-order valence-corrected chi connectivity index (χ2v) is 7.46. The molecule has 1 saturated heterocycles. The van der Waals surface area contributed by atoms with Crippen molar-refractivity contribution in [1.82, 2.24) is 9.47 Å². The summed E-state index contributed by atoms with van der Waals surface area (Å²) < 4.78 is 7.40. The first-order valence-corrected chi connectivity index (χ1v) is 9.81. The smallest absolute Gasteiger partial charge is 0.229 e. The number of benzene rings is 2. The highest BCUT2D eigenvalue weighted by Gasteiger charge is 2.34. The molecule has 6 nitrogen and oxygen atoms in total. The van der Waals surface area contributed by atoms with Crippen LogP contribution < -0.4 is 10.1 Å². The van der Waals surface area contributed by atoms with E-state index in [0.29, 0.717) is 19.5 Å². The lowest BCUT2D eigenvalue weighted by atomic mass is 10.1. The fourth-order valence-corrected chi connectivity index (χ4v) is 3.97. The van der Waals surface area contributed by atoms with Gasteiger partial charge in [-0.25, -0.2) is 0 Å². The van der Waals surface area contributed by atoms with Gasteiger partial charge in [0, 0.05) is 43.7 Å². The van der Waals surface area contributed by atoms with Gasteiger partial charge in [0.05, 0.1) is 18.7 Å². The van der Waals surface area contributed by atoms with Crippen LogP contribution in [0.5, 0.6) is 5.75 Å². The minimum Gasteiger partial charge on any atom is -0.496 e. The average molecular weight is 391 g/mol. The van der Waals surface area contributed by atoms with Gasteiger partial charge in [-0.05, 0) is 36.2 Å². The van der Waals surface area contributed by atoms with E-state index in [-0.39, 0.29) is 24.2 Å². The molecule has 29 heavy (non-hydrogen) atoms. The van der Waals surface area contributed by atoms with Gasteiger partial charge in [0.15, 0.2) is 0 Å². The van der Waals surface area contributed by atoms with Crippen LogP contribution in [0.25, 0.3) is 10.9 Å². The SMILES string of the molecule is COc1ccccc1CCN1C[C@H](C(=O)Nc2cccc3c2ccn3C)CC1=O. The van der Waals surface area contributed by atoms with Crippen molar-refractivity contribution in [2.45, 2.75) is 12.8 Å². The summed E-state index contributed by atoms with van der Waals surface area (Å²) in [4.78, 5) is 27.0. The molecule has 2 heterocycles. The number of likely N-dealkylation sites (tertiary alicyclic amines) is 1. The predicted octanol–water partition coefficient (Wildman–Crippen LogP) is 3.22. The molecule has 3 aromatic rings. The number of hydrogen-bond acceptors (Lipinski definition) is 3. The molecule has 0 unspecified atom stereocenters. The Bertz CT molecular complexity index is 1060. The number of rotatable bonds is 6. The number of aryl methyl sites for hydroxylation is 1. The number of anilines is 1. The third-order valence-electron chi connectivity index (χ3n) is 5.61. The molecule has 1 N–H and O–H groups in total. The summed E-state index contributed by atoms with van der Waals surface area (Å²) in [5.41, 5.74) is 2.91. The summed E-state index contributed by atoms with van der Waals surface area (Å²) in [6, 6.07) is 15.6. The maximum absolute atomic E-state index is 12.8. The number of methoxy groups -OCH3 is 1. The first-order chi connectivity index (χ1) is 14.1. The van der Waals surface area contributed by atoms with Crippen molar-refractivity contribution < 1.29 is 14.3 Å². The van der Waals surface area contributed by atoms with E-state index >= 15 is 0 Å². The van der Waals surface area contributed by atoms with Crippen LogP contribution in [0, 0.1) is 5.92 Å². The highest BCUT2D eigenvalue weighted by molar-refractivity contribution is 6.03. The van der Waals surface area contributed by atoms with Crippen LogP contribution in [0.2, 0.25) is 0 Å². The van der Waals surface area contributed by atoms with Crippen LogP contribution >= 0.6 is 0 Å². The molecule has 0 aliphatic carbocycles. The molecular weight excluding hydrogens is 366 g/mol. The van der Waals surface area contributed by atoms with Gasteiger partial charge < -0.3 is 19.5 Å². The van der Waals surface area contributed by atoms with Crippen LogP contribution in [0.4, 0.5) is 5.69 Å². The van der Waals surface area contributed by atoms with Gasteiger partial charge in [0.25, 0.3) is 0 Å². The lowest BCUT2D eigenvalue weighted by molar-refractivity contribution is -0.128. The van der Waals surface area contributed by atoms with E-state index in [1.54, 1.807) is 12.0 Å². The summed E-state index contributed by atoms with van der Waals surface area (Å²) in [6.45, 7) is 1.03. The minimum absolute atomic E-state index is 0.0259. The number of amides is 2. The molecule has 1 aliphatic rings.